The Labute approximate surface area is 139 Å². The number of allylic oxidation sites excluding steroid dienone is 2. The fourth-order valence-corrected chi connectivity index (χ4v) is 2.52. The van der Waals surface area contributed by atoms with E-state index in [0.717, 1.165) is 0 Å². The minimum atomic E-state index is -0.748. The van der Waals surface area contributed by atoms with Gasteiger partial charge in [0, 0.05) is 5.92 Å². The van der Waals surface area contributed by atoms with Crippen molar-refractivity contribution >= 4 is 12.1 Å². The first-order chi connectivity index (χ1) is 10.4. The summed E-state index contributed by atoms with van der Waals surface area (Å²) in [6.45, 7) is 15.5. The number of hydrogen-bond donors (Lipinski definition) is 1. The number of ether oxygens (including phenoxy) is 2. The zero-order valence-electron chi connectivity index (χ0n) is 15.5. The van der Waals surface area contributed by atoms with Gasteiger partial charge in [0.2, 0.25) is 0 Å². The van der Waals surface area contributed by atoms with E-state index < -0.39 is 23.7 Å². The maximum absolute atomic E-state index is 12.1. The van der Waals surface area contributed by atoms with Crippen molar-refractivity contribution in [3.8, 4) is 0 Å². The van der Waals surface area contributed by atoms with E-state index in [1.165, 1.54) is 22.3 Å². The molecule has 0 saturated heterocycles. The van der Waals surface area contributed by atoms with Crippen molar-refractivity contribution in [1.82, 2.24) is 5.32 Å². The molecular weight excluding hydrogens is 294 g/mol. The van der Waals surface area contributed by atoms with Crippen molar-refractivity contribution in [2.45, 2.75) is 67.0 Å². The number of hydrogen-bond acceptors (Lipinski definition) is 4. The number of carbonyl (C=O) groups excluding carboxylic acids is 2. The van der Waals surface area contributed by atoms with Crippen LogP contribution in [0, 0.1) is 5.92 Å². The summed E-state index contributed by atoms with van der Waals surface area (Å²) in [7, 11) is 0. The molecule has 0 saturated carbocycles. The molecule has 0 spiro atoms. The minimum absolute atomic E-state index is 0.132. The van der Waals surface area contributed by atoms with E-state index in [4.69, 9.17) is 9.47 Å². The van der Waals surface area contributed by atoms with Gasteiger partial charge in [-0.2, -0.15) is 0 Å². The average molecular weight is 323 g/mol. The normalized spacial score (nSPS) is 17.4. The monoisotopic (exact) mass is 323 g/mol. The van der Waals surface area contributed by atoms with Crippen LogP contribution in [0.25, 0.3) is 0 Å². The Kier molecular flexibility index (Phi) is 6.03. The van der Waals surface area contributed by atoms with Crippen LogP contribution < -0.4 is 5.32 Å². The zero-order valence-corrected chi connectivity index (χ0v) is 15.5. The molecule has 0 aliphatic heterocycles. The highest BCUT2D eigenvalue weighted by Crippen LogP contribution is 2.36. The van der Waals surface area contributed by atoms with Gasteiger partial charge in [-0.1, -0.05) is 11.1 Å². The summed E-state index contributed by atoms with van der Waals surface area (Å²) in [5, 5.41) is 2.49. The third-order valence-corrected chi connectivity index (χ3v) is 4.27. The predicted molar refractivity (Wildman–Crippen MR) is 90.0 cm³/mol. The van der Waals surface area contributed by atoms with E-state index in [2.05, 4.69) is 33.0 Å². The second kappa shape index (κ2) is 7.20. The number of esters is 1. The molecule has 23 heavy (non-hydrogen) atoms. The first-order valence-corrected chi connectivity index (χ1v) is 7.95. The highest BCUT2D eigenvalue weighted by Gasteiger charge is 2.27. The second-order valence-corrected chi connectivity index (χ2v) is 7.17. The fourth-order valence-electron chi connectivity index (χ4n) is 2.52. The molecule has 0 unspecified atom stereocenters. The van der Waals surface area contributed by atoms with Gasteiger partial charge in [-0.05, 0) is 66.5 Å². The Morgan fingerprint density at radius 2 is 1.57 bits per heavy atom. The van der Waals surface area contributed by atoms with E-state index in [9.17, 15) is 9.59 Å². The van der Waals surface area contributed by atoms with E-state index in [1.807, 2.05) is 0 Å². The van der Waals surface area contributed by atoms with Gasteiger partial charge in [0.15, 0.2) is 0 Å². The summed E-state index contributed by atoms with van der Waals surface area (Å²) in [6.07, 6.45) is -0.623. The van der Waals surface area contributed by atoms with Crippen molar-refractivity contribution in [2.24, 2.45) is 5.92 Å². The third kappa shape index (κ3) is 5.12. The Morgan fingerprint density at radius 1 is 1.09 bits per heavy atom. The average Bonchev–Trinajstić information content (AvgIpc) is 2.58. The van der Waals surface area contributed by atoms with Crippen molar-refractivity contribution in [2.75, 3.05) is 6.61 Å². The van der Waals surface area contributed by atoms with Crippen LogP contribution in [-0.4, -0.2) is 30.3 Å². The van der Waals surface area contributed by atoms with Crippen LogP contribution in [0.1, 0.15) is 55.4 Å². The van der Waals surface area contributed by atoms with Gasteiger partial charge >= 0.3 is 12.1 Å². The van der Waals surface area contributed by atoms with Crippen LogP contribution >= 0.6 is 0 Å². The lowest BCUT2D eigenvalue weighted by Crippen LogP contribution is -2.42. The first kappa shape index (κ1) is 19.3. The fraction of sp³-hybridized carbons (Fsp3) is 0.667. The molecule has 5 nitrogen and oxygen atoms in total. The number of carbonyl (C=O) groups is 2. The van der Waals surface area contributed by atoms with Gasteiger partial charge < -0.3 is 14.8 Å². The molecule has 0 heterocycles. The van der Waals surface area contributed by atoms with E-state index in [0.29, 0.717) is 6.61 Å². The van der Waals surface area contributed by atoms with Crippen LogP contribution in [0.4, 0.5) is 4.79 Å². The highest BCUT2D eigenvalue weighted by atomic mass is 16.6. The van der Waals surface area contributed by atoms with Crippen LogP contribution in [-0.2, 0) is 14.3 Å². The number of nitrogens with one attached hydrogen (secondary N) is 1. The Morgan fingerprint density at radius 3 is 2.00 bits per heavy atom. The molecule has 0 bridgehead atoms. The van der Waals surface area contributed by atoms with Crippen LogP contribution in [0.2, 0.25) is 0 Å². The van der Waals surface area contributed by atoms with Gasteiger partial charge in [0.1, 0.15) is 18.2 Å². The Bertz CT molecular complexity index is 528. The van der Waals surface area contributed by atoms with E-state index >= 15 is 0 Å². The SMILES string of the molecule is CC1=C(C)C(COC(=O)[C@H](C)NC(=O)OC(C)(C)C)C(C)=C1C. The van der Waals surface area contributed by atoms with Gasteiger partial charge in [0.05, 0.1) is 0 Å². The molecule has 0 radical (unpaired) electrons. The standard InChI is InChI=1S/C18H29NO4/c1-10-11(2)13(4)15(12(10)3)9-22-16(20)14(5)19-17(21)23-18(6,7)8/h14-15H,9H2,1-8H3,(H,19,21)/t14-/m0/s1. The van der Waals surface area contributed by atoms with Gasteiger partial charge in [-0.15, -0.1) is 0 Å². The summed E-state index contributed by atoms with van der Waals surface area (Å²) < 4.78 is 10.5. The lowest BCUT2D eigenvalue weighted by Gasteiger charge is -2.22. The van der Waals surface area contributed by atoms with Crippen molar-refractivity contribution in [3.05, 3.63) is 22.3 Å². The smallest absolute Gasteiger partial charge is 0.408 e. The molecule has 1 aliphatic rings. The molecule has 1 N–H and O–H groups in total. The molecule has 0 aromatic carbocycles. The Balaban J connectivity index is 2.53. The Hall–Kier alpha value is -1.78. The van der Waals surface area contributed by atoms with E-state index in [-0.39, 0.29) is 5.92 Å². The molecule has 1 aliphatic carbocycles. The van der Waals surface area contributed by atoms with Crippen molar-refractivity contribution in [1.29, 1.82) is 0 Å². The van der Waals surface area contributed by atoms with Gasteiger partial charge in [-0.25, -0.2) is 9.59 Å². The molecular formula is C18H29NO4. The van der Waals surface area contributed by atoms with Gasteiger partial charge in [-0.3, -0.25) is 0 Å². The van der Waals surface area contributed by atoms with Gasteiger partial charge in [0.25, 0.3) is 0 Å². The maximum atomic E-state index is 12.1. The number of rotatable bonds is 4. The molecule has 1 atom stereocenters. The maximum Gasteiger partial charge on any atom is 0.408 e. The molecule has 5 heteroatoms. The largest absolute Gasteiger partial charge is 0.463 e. The summed E-state index contributed by atoms with van der Waals surface area (Å²) in [5.41, 5.74) is 4.41. The molecule has 0 aromatic heterocycles. The zero-order chi connectivity index (χ0) is 17.9. The summed E-state index contributed by atoms with van der Waals surface area (Å²) >= 11 is 0. The number of alkyl carbamates (subject to hydrolysis) is 1. The lowest BCUT2D eigenvalue weighted by atomic mass is 9.98. The molecule has 130 valence electrons. The predicted octanol–water partition coefficient (Wildman–Crippen LogP) is 3.75. The van der Waals surface area contributed by atoms with Crippen molar-refractivity contribution in [3.63, 3.8) is 0 Å². The van der Waals surface area contributed by atoms with E-state index in [1.54, 1.807) is 27.7 Å². The summed E-state index contributed by atoms with van der Waals surface area (Å²) in [6, 6.07) is -0.748. The molecule has 0 fully saturated rings. The van der Waals surface area contributed by atoms with Crippen molar-refractivity contribution < 1.29 is 19.1 Å². The molecule has 1 rings (SSSR count). The van der Waals surface area contributed by atoms with Crippen LogP contribution in [0.15, 0.2) is 22.3 Å². The topological polar surface area (TPSA) is 64.6 Å². The summed E-state index contributed by atoms with van der Waals surface area (Å²) in [4.78, 5) is 23.7. The molecule has 1 amide bonds. The minimum Gasteiger partial charge on any atom is -0.463 e. The molecule has 0 aromatic rings. The second-order valence-electron chi connectivity index (χ2n) is 7.17. The number of amides is 1. The van der Waals surface area contributed by atoms with Crippen LogP contribution in [0.3, 0.4) is 0 Å². The lowest BCUT2D eigenvalue weighted by molar-refractivity contribution is -0.146. The summed E-state index contributed by atoms with van der Waals surface area (Å²) in [5.74, 6) is -0.327. The third-order valence-electron chi connectivity index (χ3n) is 4.27. The quantitative estimate of drug-likeness (QED) is 0.800. The first-order valence-electron chi connectivity index (χ1n) is 7.95. The highest BCUT2D eigenvalue weighted by molar-refractivity contribution is 5.81. The van der Waals surface area contributed by atoms with Crippen LogP contribution in [0.5, 0.6) is 0 Å².